The maximum atomic E-state index is 14.1. The topological polar surface area (TPSA) is 105 Å². The first-order valence-corrected chi connectivity index (χ1v) is 18.8. The second-order valence-electron chi connectivity index (χ2n) is 13.8. The number of carbonyl (C=O) groups excluding carboxylic acids is 3. The lowest BCUT2D eigenvalue weighted by Gasteiger charge is -2.41. The Kier molecular flexibility index (Phi) is 11.1. The molecule has 0 bridgehead atoms. The fourth-order valence-electron chi connectivity index (χ4n) is 7.75. The number of fused-ring (bicyclic) bond motifs is 1. The summed E-state index contributed by atoms with van der Waals surface area (Å²) in [6.07, 6.45) is -0.810. The third-order valence-corrected chi connectivity index (χ3v) is 12.1. The first-order chi connectivity index (χ1) is 23.4. The molecule has 49 heavy (non-hydrogen) atoms. The second-order valence-corrected chi connectivity index (χ2v) is 15.6. The molecule has 5 heterocycles. The van der Waals surface area contributed by atoms with Crippen molar-refractivity contribution < 1.29 is 27.6 Å². The fourth-order valence-corrected chi connectivity index (χ4v) is 9.06. The van der Waals surface area contributed by atoms with Gasteiger partial charge in [0.1, 0.15) is 5.00 Å². The van der Waals surface area contributed by atoms with E-state index in [0.717, 1.165) is 62.1 Å². The number of hydrogen-bond donors (Lipinski definition) is 2. The molecular weight excluding hydrogens is 723 g/mol. The number of carbonyl (C=O) groups is 3. The number of nitrogens with one attached hydrogen (secondary N) is 1. The number of urea groups is 1. The smallest absolute Gasteiger partial charge is 0.397 e. The number of anilines is 2. The standard InChI is InChI=1S/C34H45BrF3N7O3S/c1-41-8-2-9-42(15-14-41)25-3-12-44(13-4-25)32(47)24(17-22-18-27(34(36,37)38)30(39)28(35)19-22)20-29(46)43-10-5-26(6-11-43)45-21-23-7-16-49-31(23)40-33(45)48/h7,16,18-19,24-26H,2-6,8-15,17,20-21,39H2,1H3,(H,40,48)/t24-/m0/s1. The van der Waals surface area contributed by atoms with Gasteiger partial charge in [0.15, 0.2) is 0 Å². The molecular formula is C34H45BrF3N7O3S. The fraction of sp³-hybridized carbons (Fsp3) is 0.618. The molecule has 0 unspecified atom stereocenters. The third kappa shape index (κ3) is 8.37. The van der Waals surface area contributed by atoms with E-state index >= 15 is 0 Å². The van der Waals surface area contributed by atoms with Crippen LogP contribution in [0.4, 0.5) is 28.7 Å². The van der Waals surface area contributed by atoms with Crippen molar-refractivity contribution >= 4 is 55.8 Å². The van der Waals surface area contributed by atoms with Gasteiger partial charge in [-0.1, -0.05) is 0 Å². The van der Waals surface area contributed by atoms with Crippen LogP contribution in [0.1, 0.15) is 55.2 Å². The molecule has 0 saturated carbocycles. The number of likely N-dealkylation sites (N-methyl/N-ethyl adjacent to an activating group) is 1. The maximum Gasteiger partial charge on any atom is 0.418 e. The minimum absolute atomic E-state index is 0.0156. The summed E-state index contributed by atoms with van der Waals surface area (Å²) in [5.74, 6) is -1.22. The zero-order valence-corrected chi connectivity index (χ0v) is 30.2. The molecule has 1 aromatic heterocycles. The first-order valence-electron chi connectivity index (χ1n) is 17.2. The number of hydrogen-bond acceptors (Lipinski definition) is 7. The van der Waals surface area contributed by atoms with Crippen LogP contribution in [-0.2, 0) is 28.7 Å². The van der Waals surface area contributed by atoms with Crippen LogP contribution in [0.2, 0.25) is 0 Å². The number of benzene rings is 1. The van der Waals surface area contributed by atoms with Crippen molar-refractivity contribution in [1.82, 2.24) is 24.5 Å². The minimum atomic E-state index is -4.66. The molecule has 0 spiro atoms. The van der Waals surface area contributed by atoms with E-state index in [4.69, 9.17) is 5.73 Å². The number of nitrogens with zero attached hydrogens (tertiary/aromatic N) is 5. The quantitative estimate of drug-likeness (QED) is 0.370. The largest absolute Gasteiger partial charge is 0.418 e. The van der Waals surface area contributed by atoms with E-state index < -0.39 is 23.3 Å². The first kappa shape index (κ1) is 35.9. The summed E-state index contributed by atoms with van der Waals surface area (Å²) in [4.78, 5) is 50.9. The van der Waals surface area contributed by atoms with E-state index in [1.165, 1.54) is 17.4 Å². The van der Waals surface area contributed by atoms with E-state index in [1.807, 2.05) is 16.3 Å². The second kappa shape index (κ2) is 15.2. The molecule has 268 valence electrons. The molecule has 1 aromatic carbocycles. The zero-order chi connectivity index (χ0) is 34.9. The molecule has 3 fully saturated rings. The van der Waals surface area contributed by atoms with Gasteiger partial charge in [0.2, 0.25) is 11.8 Å². The summed E-state index contributed by atoms with van der Waals surface area (Å²) < 4.78 is 41.7. The Morgan fingerprint density at radius 1 is 1.00 bits per heavy atom. The highest BCUT2D eigenvalue weighted by atomic mass is 79.9. The van der Waals surface area contributed by atoms with Crippen LogP contribution in [-0.4, -0.2) is 114 Å². The van der Waals surface area contributed by atoms with Crippen molar-refractivity contribution in [2.24, 2.45) is 5.92 Å². The number of halogens is 4. The molecule has 2 aromatic rings. The highest BCUT2D eigenvalue weighted by Gasteiger charge is 2.38. The van der Waals surface area contributed by atoms with Crippen LogP contribution < -0.4 is 11.1 Å². The SMILES string of the molecule is CN1CCCN(C2CCN(C(=O)[C@H](CC(=O)N3CCC(N4Cc5ccsc5NC4=O)CC3)Cc3cc(Br)c(N)c(C(F)(F)F)c3)CC2)CC1. The van der Waals surface area contributed by atoms with Crippen LogP contribution in [0, 0.1) is 5.92 Å². The predicted octanol–water partition coefficient (Wildman–Crippen LogP) is 5.33. The summed E-state index contributed by atoms with van der Waals surface area (Å²) in [7, 11) is 2.14. The van der Waals surface area contributed by atoms with Crippen molar-refractivity contribution in [2.75, 3.05) is 70.5 Å². The lowest BCUT2D eigenvalue weighted by atomic mass is 9.91. The number of nitrogen functional groups attached to an aromatic ring is 1. The number of alkyl halides is 3. The van der Waals surface area contributed by atoms with E-state index in [1.54, 1.807) is 9.80 Å². The van der Waals surface area contributed by atoms with Crippen LogP contribution in [0.5, 0.6) is 0 Å². The Balaban J connectivity index is 1.13. The van der Waals surface area contributed by atoms with E-state index in [-0.39, 0.29) is 41.2 Å². The Morgan fingerprint density at radius 3 is 2.41 bits per heavy atom. The van der Waals surface area contributed by atoms with Crippen molar-refractivity contribution in [2.45, 2.75) is 69.8 Å². The molecule has 10 nitrogen and oxygen atoms in total. The number of piperidine rings is 2. The molecule has 15 heteroatoms. The number of likely N-dealkylation sites (tertiary alicyclic amines) is 2. The normalized spacial score (nSPS) is 21.3. The van der Waals surface area contributed by atoms with Crippen molar-refractivity contribution in [1.29, 1.82) is 0 Å². The highest BCUT2D eigenvalue weighted by molar-refractivity contribution is 9.10. The van der Waals surface area contributed by atoms with Crippen molar-refractivity contribution in [3.05, 3.63) is 44.7 Å². The van der Waals surface area contributed by atoms with Gasteiger partial charge >= 0.3 is 12.2 Å². The Hall–Kier alpha value is -2.88. The van der Waals surface area contributed by atoms with E-state index in [9.17, 15) is 27.6 Å². The molecule has 1 atom stereocenters. The van der Waals surface area contributed by atoms with Crippen LogP contribution in [0.3, 0.4) is 0 Å². The number of amides is 4. The van der Waals surface area contributed by atoms with Gasteiger partial charge in [-0.25, -0.2) is 4.79 Å². The zero-order valence-electron chi connectivity index (χ0n) is 27.8. The van der Waals surface area contributed by atoms with Crippen LogP contribution >= 0.6 is 27.3 Å². The Labute approximate surface area is 297 Å². The van der Waals surface area contributed by atoms with Gasteiger partial charge in [0, 0.05) is 67.8 Å². The molecule has 4 amide bonds. The van der Waals surface area contributed by atoms with E-state index in [0.29, 0.717) is 57.2 Å². The van der Waals surface area contributed by atoms with Gasteiger partial charge in [-0.05, 0) is 104 Å². The summed E-state index contributed by atoms with van der Waals surface area (Å²) in [5.41, 5.74) is 5.78. The number of thiophene rings is 1. The maximum absolute atomic E-state index is 14.1. The lowest BCUT2D eigenvalue weighted by Crippen LogP contribution is -2.51. The monoisotopic (exact) mass is 767 g/mol. The Bertz CT molecular complexity index is 1520. The van der Waals surface area contributed by atoms with Crippen molar-refractivity contribution in [3.8, 4) is 0 Å². The van der Waals surface area contributed by atoms with Gasteiger partial charge in [0.05, 0.1) is 23.7 Å². The molecule has 4 aliphatic rings. The summed E-state index contributed by atoms with van der Waals surface area (Å²) >= 11 is 4.67. The molecule has 6 rings (SSSR count). The van der Waals surface area contributed by atoms with Gasteiger partial charge in [-0.2, -0.15) is 13.2 Å². The summed E-state index contributed by atoms with van der Waals surface area (Å²) in [5, 5.41) is 5.79. The van der Waals surface area contributed by atoms with Crippen LogP contribution in [0.25, 0.3) is 0 Å². The van der Waals surface area contributed by atoms with Gasteiger partial charge in [-0.3, -0.25) is 19.8 Å². The summed E-state index contributed by atoms with van der Waals surface area (Å²) in [6, 6.07) is 4.76. The summed E-state index contributed by atoms with van der Waals surface area (Å²) in [6.45, 7) is 6.61. The molecule has 3 N–H and O–H groups in total. The van der Waals surface area contributed by atoms with Gasteiger partial charge in [-0.15, -0.1) is 11.3 Å². The third-order valence-electron chi connectivity index (χ3n) is 10.6. The minimum Gasteiger partial charge on any atom is -0.397 e. The Morgan fingerprint density at radius 2 is 1.69 bits per heavy atom. The van der Waals surface area contributed by atoms with Crippen molar-refractivity contribution in [3.63, 3.8) is 0 Å². The van der Waals surface area contributed by atoms with Gasteiger partial charge < -0.3 is 25.3 Å². The van der Waals surface area contributed by atoms with Crippen LogP contribution in [0.15, 0.2) is 28.1 Å². The molecule has 3 saturated heterocycles. The number of rotatable bonds is 7. The molecule has 4 aliphatic heterocycles. The number of nitrogens with two attached hydrogens (primary N) is 1. The average Bonchev–Trinajstić information content (AvgIpc) is 3.42. The molecule has 0 aliphatic carbocycles. The lowest BCUT2D eigenvalue weighted by molar-refractivity contribution is -0.143. The van der Waals surface area contributed by atoms with Gasteiger partial charge in [0.25, 0.3) is 0 Å². The van der Waals surface area contributed by atoms with E-state index in [2.05, 4.69) is 38.1 Å². The predicted molar refractivity (Wildman–Crippen MR) is 187 cm³/mol. The highest BCUT2D eigenvalue weighted by Crippen LogP contribution is 2.39. The average molecular weight is 769 g/mol. The molecule has 0 radical (unpaired) electrons.